The average molecular weight is 552 g/mol. The van der Waals surface area contributed by atoms with Crippen LogP contribution in [0.4, 0.5) is 11.4 Å². The van der Waals surface area contributed by atoms with Crippen LogP contribution in [0.2, 0.25) is 0 Å². The molecule has 0 saturated heterocycles. The van der Waals surface area contributed by atoms with Gasteiger partial charge in [0.15, 0.2) is 0 Å². The van der Waals surface area contributed by atoms with Crippen LogP contribution in [-0.2, 0) is 0 Å². The second kappa shape index (κ2) is 10.6. The maximum Gasteiger partial charge on any atom is 0.0972 e. The summed E-state index contributed by atoms with van der Waals surface area (Å²) in [5.74, 6) is 0. The fraction of sp³-hybridized carbons (Fsp3) is 0.216. The Hall–Kier alpha value is -4.77. The lowest BCUT2D eigenvalue weighted by Gasteiger charge is -2.21. The Morgan fingerprint density at radius 1 is 0.476 bits per heavy atom. The predicted molar refractivity (Wildman–Crippen MR) is 180 cm³/mol. The van der Waals surface area contributed by atoms with Gasteiger partial charge < -0.3 is 18.9 Å². The van der Waals surface area contributed by atoms with Crippen molar-refractivity contribution in [1.29, 1.82) is 0 Å². The number of hydrogen-bond donors (Lipinski definition) is 0. The van der Waals surface area contributed by atoms with Gasteiger partial charge in [-0.1, -0.05) is 36.4 Å². The molecule has 3 aromatic heterocycles. The van der Waals surface area contributed by atoms with Gasteiger partial charge in [0.25, 0.3) is 0 Å². The maximum atomic E-state index is 5.41. The van der Waals surface area contributed by atoms with Crippen molar-refractivity contribution in [3.05, 3.63) is 103 Å². The lowest BCUT2D eigenvalue weighted by Crippen LogP contribution is -2.21. The van der Waals surface area contributed by atoms with E-state index in [1.54, 1.807) is 0 Å². The molecule has 4 aromatic carbocycles. The van der Waals surface area contributed by atoms with Crippen molar-refractivity contribution in [2.24, 2.45) is 0 Å². The van der Waals surface area contributed by atoms with Crippen molar-refractivity contribution in [2.45, 2.75) is 27.7 Å². The van der Waals surface area contributed by atoms with Gasteiger partial charge in [-0.05, 0) is 94.4 Å². The van der Waals surface area contributed by atoms with Crippen LogP contribution in [0.5, 0.6) is 0 Å². The zero-order valence-electron chi connectivity index (χ0n) is 24.9. The van der Waals surface area contributed by atoms with E-state index in [1.807, 2.05) is 0 Å². The lowest BCUT2D eigenvalue weighted by atomic mass is 10.2. The second-order valence-electron chi connectivity index (χ2n) is 10.8. The summed E-state index contributed by atoms with van der Waals surface area (Å²) in [6.45, 7) is 12.8. The summed E-state index contributed by atoms with van der Waals surface area (Å²) in [4.78, 5) is 10.2. The summed E-state index contributed by atoms with van der Waals surface area (Å²) in [5, 5.41) is 2.34. The Kier molecular flexibility index (Phi) is 6.58. The quantitative estimate of drug-likeness (QED) is 0.189. The van der Waals surface area contributed by atoms with E-state index in [1.165, 1.54) is 33.2 Å². The monoisotopic (exact) mass is 551 g/mol. The Balaban J connectivity index is 1.50. The molecule has 0 fully saturated rings. The summed E-state index contributed by atoms with van der Waals surface area (Å²) in [7, 11) is 0. The smallest absolute Gasteiger partial charge is 0.0972 e. The van der Waals surface area contributed by atoms with Gasteiger partial charge in [0.2, 0.25) is 0 Å². The summed E-state index contributed by atoms with van der Waals surface area (Å²) in [5.41, 5.74) is 11.4. The molecule has 7 rings (SSSR count). The van der Waals surface area contributed by atoms with Crippen molar-refractivity contribution in [3.63, 3.8) is 0 Å². The maximum absolute atomic E-state index is 5.41. The Morgan fingerprint density at radius 2 is 0.857 bits per heavy atom. The van der Waals surface area contributed by atoms with Crippen LogP contribution in [0.3, 0.4) is 0 Å². The summed E-state index contributed by atoms with van der Waals surface area (Å²) >= 11 is 0. The van der Waals surface area contributed by atoms with E-state index in [0.29, 0.717) is 0 Å². The molecule has 210 valence electrons. The third-order valence-corrected chi connectivity index (χ3v) is 8.74. The summed E-state index contributed by atoms with van der Waals surface area (Å²) < 4.78 is 4.74. The van der Waals surface area contributed by atoms with E-state index in [-0.39, 0.29) is 0 Å². The van der Waals surface area contributed by atoms with Gasteiger partial charge in [0, 0.05) is 59.7 Å². The summed E-state index contributed by atoms with van der Waals surface area (Å²) in [6, 6.07) is 37.5. The molecule has 5 heteroatoms. The van der Waals surface area contributed by atoms with Crippen molar-refractivity contribution < 1.29 is 0 Å². The van der Waals surface area contributed by atoms with Crippen LogP contribution >= 0.6 is 0 Å². The van der Waals surface area contributed by atoms with E-state index in [4.69, 9.17) is 4.98 Å². The predicted octanol–water partition coefficient (Wildman–Crippen LogP) is 8.97. The van der Waals surface area contributed by atoms with Crippen LogP contribution < -0.4 is 9.80 Å². The van der Waals surface area contributed by atoms with E-state index >= 15 is 0 Å². The molecule has 0 radical (unpaired) electrons. The minimum absolute atomic E-state index is 0.994. The number of fused-ring (bicyclic) bond motifs is 6. The van der Waals surface area contributed by atoms with Crippen molar-refractivity contribution in [3.8, 4) is 11.4 Å². The molecule has 0 bridgehead atoms. The largest absolute Gasteiger partial charge is 0.372 e. The van der Waals surface area contributed by atoms with E-state index in [0.717, 1.165) is 59.6 Å². The molecule has 0 N–H and O–H groups in total. The molecule has 0 amide bonds. The van der Waals surface area contributed by atoms with E-state index < -0.39 is 0 Å². The third-order valence-electron chi connectivity index (χ3n) is 8.74. The first-order valence-electron chi connectivity index (χ1n) is 15.2. The van der Waals surface area contributed by atoms with Crippen LogP contribution in [0.1, 0.15) is 27.7 Å². The number of anilines is 2. The molecule has 0 aliphatic rings. The standard InChI is InChI=1S/C37H37N5/c1-5-39(6-2)26-17-21-28(22-18-26)41-32-15-11-9-13-30(32)36-34(41)25-35-37(38-36)31-14-10-12-16-33(31)42(35)29-23-19-27(20-24-29)40(7-3)8-4/h9-25H,5-8H2,1-4H3. The van der Waals surface area contributed by atoms with Crippen LogP contribution in [0.25, 0.3) is 55.2 Å². The first kappa shape index (κ1) is 26.1. The molecule has 0 aliphatic carbocycles. The first-order valence-corrected chi connectivity index (χ1v) is 15.2. The molecule has 0 saturated carbocycles. The number of benzene rings is 4. The molecule has 0 spiro atoms. The molecular formula is C37H37N5. The van der Waals surface area contributed by atoms with Gasteiger partial charge >= 0.3 is 0 Å². The molecule has 0 aliphatic heterocycles. The molecule has 0 unspecified atom stereocenters. The van der Waals surface area contributed by atoms with Gasteiger partial charge in [-0.2, -0.15) is 0 Å². The van der Waals surface area contributed by atoms with Crippen LogP contribution in [0.15, 0.2) is 103 Å². The van der Waals surface area contributed by atoms with Gasteiger partial charge in [-0.25, -0.2) is 4.98 Å². The highest BCUT2D eigenvalue weighted by molar-refractivity contribution is 6.15. The number of hydrogen-bond acceptors (Lipinski definition) is 3. The lowest BCUT2D eigenvalue weighted by molar-refractivity contribution is 0.866. The highest BCUT2D eigenvalue weighted by Crippen LogP contribution is 2.38. The SMILES string of the molecule is CCN(CC)c1ccc(-n2c3ccccc3c3nc4c5ccccc5n(-c5ccc(N(CC)CC)cc5)c4cc32)cc1. The van der Waals surface area contributed by atoms with Gasteiger partial charge in [-0.3, -0.25) is 0 Å². The number of pyridine rings is 1. The van der Waals surface area contributed by atoms with Crippen LogP contribution in [-0.4, -0.2) is 40.3 Å². The van der Waals surface area contributed by atoms with Crippen molar-refractivity contribution in [2.75, 3.05) is 36.0 Å². The van der Waals surface area contributed by atoms with Crippen molar-refractivity contribution in [1.82, 2.24) is 14.1 Å². The van der Waals surface area contributed by atoms with Gasteiger partial charge in [0.1, 0.15) is 0 Å². The van der Waals surface area contributed by atoms with Crippen molar-refractivity contribution >= 4 is 55.2 Å². The molecule has 7 aromatic rings. The average Bonchev–Trinajstić information content (AvgIpc) is 3.54. The summed E-state index contributed by atoms with van der Waals surface area (Å²) in [6.07, 6.45) is 0. The molecule has 42 heavy (non-hydrogen) atoms. The van der Waals surface area contributed by atoms with E-state index in [2.05, 4.69) is 150 Å². The molecule has 3 heterocycles. The zero-order valence-corrected chi connectivity index (χ0v) is 24.9. The fourth-order valence-electron chi connectivity index (χ4n) is 6.59. The fourth-order valence-corrected chi connectivity index (χ4v) is 6.59. The van der Waals surface area contributed by atoms with Gasteiger partial charge in [0.05, 0.1) is 33.1 Å². The number of rotatable bonds is 8. The normalized spacial score (nSPS) is 11.7. The minimum atomic E-state index is 0.994. The van der Waals surface area contributed by atoms with Gasteiger partial charge in [-0.15, -0.1) is 0 Å². The van der Waals surface area contributed by atoms with Crippen LogP contribution in [0, 0.1) is 0 Å². The topological polar surface area (TPSA) is 29.2 Å². The highest BCUT2D eigenvalue weighted by atomic mass is 15.1. The highest BCUT2D eigenvalue weighted by Gasteiger charge is 2.19. The number of aromatic nitrogens is 3. The molecule has 5 nitrogen and oxygen atoms in total. The number of para-hydroxylation sites is 2. The Morgan fingerprint density at radius 3 is 1.24 bits per heavy atom. The zero-order chi connectivity index (χ0) is 28.8. The molecular weight excluding hydrogens is 514 g/mol. The second-order valence-corrected chi connectivity index (χ2v) is 10.8. The van der Waals surface area contributed by atoms with E-state index in [9.17, 15) is 0 Å². The Labute approximate surface area is 247 Å². The third kappa shape index (κ3) is 4.03. The minimum Gasteiger partial charge on any atom is -0.372 e. The molecule has 0 atom stereocenters. The Bertz CT molecular complexity index is 1880. The first-order chi connectivity index (χ1) is 20.7. The number of nitrogens with zero attached hydrogens (tertiary/aromatic N) is 5.